The standard InChI is InChI=1S/C20H31NO4/c1-14(2)13-16(19(24)25-20(3,4)5)21-18(23)17(22)12-11-15-9-7-6-8-10-15/h6-10,14,16-17,22H,11-13H2,1-5H3,(H,21,23). The first kappa shape index (κ1) is 21.2. The molecular formula is C20H31NO4. The molecule has 0 saturated carbocycles. The zero-order valence-corrected chi connectivity index (χ0v) is 15.9. The Labute approximate surface area is 150 Å². The number of amides is 1. The average Bonchev–Trinajstić information content (AvgIpc) is 2.50. The number of carbonyl (C=O) groups is 2. The van der Waals surface area contributed by atoms with E-state index in [2.05, 4.69) is 5.32 Å². The molecule has 2 atom stereocenters. The first-order valence-electron chi connectivity index (χ1n) is 8.83. The molecule has 5 heteroatoms. The molecule has 0 heterocycles. The van der Waals surface area contributed by atoms with Crippen LogP contribution in [0, 0.1) is 5.92 Å². The van der Waals surface area contributed by atoms with Crippen LogP contribution in [0.1, 0.15) is 53.0 Å². The number of nitrogens with one attached hydrogen (secondary N) is 1. The Bertz CT molecular complexity index is 549. The predicted molar refractivity (Wildman–Crippen MR) is 98.0 cm³/mol. The molecule has 0 aromatic heterocycles. The lowest BCUT2D eigenvalue weighted by molar-refractivity contribution is -0.159. The second-order valence-corrected chi connectivity index (χ2v) is 7.76. The fourth-order valence-corrected chi connectivity index (χ4v) is 2.41. The van der Waals surface area contributed by atoms with Crippen LogP contribution < -0.4 is 5.32 Å². The van der Waals surface area contributed by atoms with Crippen LogP contribution in [0.5, 0.6) is 0 Å². The molecule has 0 aliphatic heterocycles. The summed E-state index contributed by atoms with van der Waals surface area (Å²) in [7, 11) is 0. The lowest BCUT2D eigenvalue weighted by Gasteiger charge is -2.26. The summed E-state index contributed by atoms with van der Waals surface area (Å²) in [5.74, 6) is -0.795. The lowest BCUT2D eigenvalue weighted by atomic mass is 10.0. The van der Waals surface area contributed by atoms with E-state index in [1.807, 2.05) is 44.2 Å². The van der Waals surface area contributed by atoms with Crippen molar-refractivity contribution < 1.29 is 19.4 Å². The van der Waals surface area contributed by atoms with Gasteiger partial charge in [-0.25, -0.2) is 4.79 Å². The molecule has 0 bridgehead atoms. The minimum Gasteiger partial charge on any atom is -0.458 e. The first-order valence-corrected chi connectivity index (χ1v) is 8.83. The van der Waals surface area contributed by atoms with E-state index in [0.717, 1.165) is 5.56 Å². The van der Waals surface area contributed by atoms with E-state index in [4.69, 9.17) is 4.74 Å². The van der Waals surface area contributed by atoms with E-state index in [9.17, 15) is 14.7 Å². The van der Waals surface area contributed by atoms with Crippen molar-refractivity contribution in [3.05, 3.63) is 35.9 Å². The Morgan fingerprint density at radius 1 is 1.16 bits per heavy atom. The van der Waals surface area contributed by atoms with Gasteiger partial charge in [0.1, 0.15) is 17.7 Å². The number of hydrogen-bond acceptors (Lipinski definition) is 4. The number of esters is 1. The highest BCUT2D eigenvalue weighted by atomic mass is 16.6. The zero-order chi connectivity index (χ0) is 19.0. The van der Waals surface area contributed by atoms with Crippen LogP contribution in [0.25, 0.3) is 0 Å². The van der Waals surface area contributed by atoms with Crippen molar-refractivity contribution in [3.63, 3.8) is 0 Å². The third-order valence-electron chi connectivity index (χ3n) is 3.57. The fraction of sp³-hybridized carbons (Fsp3) is 0.600. The number of benzene rings is 1. The molecule has 0 spiro atoms. The highest BCUT2D eigenvalue weighted by molar-refractivity contribution is 5.86. The smallest absolute Gasteiger partial charge is 0.329 e. The Morgan fingerprint density at radius 2 is 1.76 bits per heavy atom. The molecule has 0 aliphatic carbocycles. The van der Waals surface area contributed by atoms with E-state index in [1.54, 1.807) is 20.8 Å². The Kier molecular flexibility index (Phi) is 8.10. The Morgan fingerprint density at radius 3 is 2.28 bits per heavy atom. The molecule has 0 saturated heterocycles. The van der Waals surface area contributed by atoms with E-state index >= 15 is 0 Å². The number of rotatable bonds is 8. The number of aliphatic hydroxyl groups excluding tert-OH is 1. The third kappa shape index (κ3) is 8.68. The largest absolute Gasteiger partial charge is 0.458 e. The molecule has 1 aromatic carbocycles. The van der Waals surface area contributed by atoms with Crippen molar-refractivity contribution >= 4 is 11.9 Å². The Balaban J connectivity index is 2.62. The maximum Gasteiger partial charge on any atom is 0.329 e. The van der Waals surface area contributed by atoms with Crippen molar-refractivity contribution in [2.24, 2.45) is 5.92 Å². The van der Waals surface area contributed by atoms with E-state index < -0.39 is 29.6 Å². The molecule has 2 unspecified atom stereocenters. The molecule has 140 valence electrons. The second-order valence-electron chi connectivity index (χ2n) is 7.76. The van der Waals surface area contributed by atoms with Crippen molar-refractivity contribution in [3.8, 4) is 0 Å². The Hall–Kier alpha value is -1.88. The van der Waals surface area contributed by atoms with Crippen LogP contribution in [0.2, 0.25) is 0 Å². The quantitative estimate of drug-likeness (QED) is 0.708. The normalized spacial score (nSPS) is 14.0. The molecule has 2 N–H and O–H groups in total. The lowest BCUT2D eigenvalue weighted by Crippen LogP contribution is -2.48. The second kappa shape index (κ2) is 9.56. The minimum atomic E-state index is -1.16. The van der Waals surface area contributed by atoms with Gasteiger partial charge in [-0.1, -0.05) is 44.2 Å². The minimum absolute atomic E-state index is 0.208. The predicted octanol–water partition coefficient (Wildman–Crippen LogP) is 2.85. The first-order chi connectivity index (χ1) is 11.6. The van der Waals surface area contributed by atoms with Gasteiger partial charge in [0.25, 0.3) is 0 Å². The molecule has 0 radical (unpaired) electrons. The molecule has 0 fully saturated rings. The van der Waals surface area contributed by atoms with Crippen LogP contribution >= 0.6 is 0 Å². The maximum atomic E-state index is 12.3. The number of carbonyl (C=O) groups excluding carboxylic acids is 2. The van der Waals surface area contributed by atoms with Gasteiger partial charge in [0.2, 0.25) is 5.91 Å². The van der Waals surface area contributed by atoms with Crippen LogP contribution in [0.15, 0.2) is 30.3 Å². The molecular weight excluding hydrogens is 318 g/mol. The SMILES string of the molecule is CC(C)CC(NC(=O)C(O)CCc1ccccc1)C(=O)OC(C)(C)C. The van der Waals surface area contributed by atoms with Gasteiger partial charge in [0.15, 0.2) is 0 Å². The highest BCUT2D eigenvalue weighted by Gasteiger charge is 2.29. The topological polar surface area (TPSA) is 75.6 Å². The van der Waals surface area contributed by atoms with Crippen molar-refractivity contribution in [2.75, 3.05) is 0 Å². The summed E-state index contributed by atoms with van der Waals surface area (Å²) in [5, 5.41) is 12.8. The van der Waals surface area contributed by atoms with E-state index in [1.165, 1.54) is 0 Å². The van der Waals surface area contributed by atoms with Crippen molar-refractivity contribution in [1.29, 1.82) is 0 Å². The van der Waals surface area contributed by atoms with Gasteiger partial charge >= 0.3 is 5.97 Å². The van der Waals surface area contributed by atoms with E-state index in [-0.39, 0.29) is 5.92 Å². The van der Waals surface area contributed by atoms with Gasteiger partial charge in [-0.2, -0.15) is 0 Å². The molecule has 0 aliphatic rings. The summed E-state index contributed by atoms with van der Waals surface area (Å²) in [6.45, 7) is 9.29. The van der Waals surface area contributed by atoms with Crippen LogP contribution in [0.4, 0.5) is 0 Å². The van der Waals surface area contributed by atoms with Gasteiger partial charge in [-0.05, 0) is 51.5 Å². The molecule has 1 amide bonds. The zero-order valence-electron chi connectivity index (χ0n) is 15.9. The molecule has 1 rings (SSSR count). The van der Waals surface area contributed by atoms with Gasteiger partial charge < -0.3 is 15.2 Å². The summed E-state index contributed by atoms with van der Waals surface area (Å²) in [5.41, 5.74) is 0.434. The third-order valence-corrected chi connectivity index (χ3v) is 3.57. The summed E-state index contributed by atoms with van der Waals surface area (Å²) in [4.78, 5) is 24.6. The van der Waals surface area contributed by atoms with Crippen molar-refractivity contribution in [2.45, 2.75) is 71.6 Å². The van der Waals surface area contributed by atoms with E-state index in [0.29, 0.717) is 19.3 Å². The van der Waals surface area contributed by atoms with Gasteiger partial charge in [0.05, 0.1) is 0 Å². The van der Waals surface area contributed by atoms with Gasteiger partial charge in [-0.3, -0.25) is 4.79 Å². The van der Waals surface area contributed by atoms with Crippen LogP contribution in [-0.2, 0) is 20.7 Å². The number of aliphatic hydroxyl groups is 1. The summed E-state index contributed by atoms with van der Waals surface area (Å²) < 4.78 is 5.38. The monoisotopic (exact) mass is 349 g/mol. The van der Waals surface area contributed by atoms with Gasteiger partial charge in [-0.15, -0.1) is 0 Å². The highest BCUT2D eigenvalue weighted by Crippen LogP contribution is 2.13. The number of aryl methyl sites for hydroxylation is 1. The fourth-order valence-electron chi connectivity index (χ4n) is 2.41. The molecule has 5 nitrogen and oxygen atoms in total. The summed E-state index contributed by atoms with van der Waals surface area (Å²) in [6.07, 6.45) is 0.207. The number of ether oxygens (including phenoxy) is 1. The van der Waals surface area contributed by atoms with Gasteiger partial charge in [0, 0.05) is 0 Å². The molecule has 1 aromatic rings. The molecule has 25 heavy (non-hydrogen) atoms. The summed E-state index contributed by atoms with van der Waals surface area (Å²) >= 11 is 0. The number of hydrogen-bond donors (Lipinski definition) is 2. The van der Waals surface area contributed by atoms with Crippen molar-refractivity contribution in [1.82, 2.24) is 5.32 Å². The average molecular weight is 349 g/mol. The van der Waals surface area contributed by atoms with Crippen LogP contribution in [-0.4, -0.2) is 34.7 Å². The summed E-state index contributed by atoms with van der Waals surface area (Å²) in [6, 6.07) is 8.91. The maximum absolute atomic E-state index is 12.3. The van der Waals surface area contributed by atoms with Crippen LogP contribution in [0.3, 0.4) is 0 Å².